The molecule has 0 bridgehead atoms. The van der Waals surface area contributed by atoms with Gasteiger partial charge in [-0.3, -0.25) is 9.10 Å². The Morgan fingerprint density at radius 2 is 1.88 bits per heavy atom. The maximum Gasteiger partial charge on any atom is 0.251 e. The summed E-state index contributed by atoms with van der Waals surface area (Å²) < 4.78 is 25.4. The second-order valence-corrected chi connectivity index (χ2v) is 8.03. The summed E-state index contributed by atoms with van der Waals surface area (Å²) >= 11 is 0. The Labute approximate surface area is 159 Å². The van der Waals surface area contributed by atoms with Gasteiger partial charge in [0.05, 0.1) is 11.4 Å². The molecule has 1 unspecified atom stereocenters. The van der Waals surface area contributed by atoms with Gasteiger partial charge in [0.1, 0.15) is 0 Å². The fourth-order valence-corrected chi connectivity index (χ4v) is 4.41. The SMILES string of the molecule is Cl.NC(CNC(=O)c1cccc(N2CCCS2(=O)=O)c1)c1ccccc1. The molecule has 8 heteroatoms. The van der Waals surface area contributed by atoms with Crippen molar-refractivity contribution in [1.29, 1.82) is 0 Å². The average molecular weight is 396 g/mol. The molecular formula is C18H22ClN3O3S. The van der Waals surface area contributed by atoms with Crippen molar-refractivity contribution in [1.82, 2.24) is 5.32 Å². The van der Waals surface area contributed by atoms with Gasteiger partial charge in [-0.1, -0.05) is 36.4 Å². The maximum absolute atomic E-state index is 12.4. The van der Waals surface area contributed by atoms with Gasteiger partial charge in [-0.05, 0) is 30.2 Å². The van der Waals surface area contributed by atoms with E-state index in [9.17, 15) is 13.2 Å². The Balaban J connectivity index is 0.00000243. The molecule has 0 aliphatic carbocycles. The van der Waals surface area contributed by atoms with Crippen LogP contribution in [-0.2, 0) is 10.0 Å². The summed E-state index contributed by atoms with van der Waals surface area (Å²) in [4.78, 5) is 12.4. The van der Waals surface area contributed by atoms with E-state index < -0.39 is 10.0 Å². The Bertz CT molecular complexity index is 859. The van der Waals surface area contributed by atoms with Crippen LogP contribution in [0, 0.1) is 0 Å². The lowest BCUT2D eigenvalue weighted by atomic mass is 10.1. The Kier molecular flexibility index (Phi) is 6.63. The van der Waals surface area contributed by atoms with E-state index in [2.05, 4.69) is 5.32 Å². The first-order valence-corrected chi connectivity index (χ1v) is 9.77. The molecule has 1 atom stereocenters. The van der Waals surface area contributed by atoms with Crippen LogP contribution in [0.2, 0.25) is 0 Å². The van der Waals surface area contributed by atoms with E-state index in [0.717, 1.165) is 5.56 Å². The second-order valence-electron chi connectivity index (χ2n) is 6.02. The van der Waals surface area contributed by atoms with Crippen molar-refractivity contribution in [2.24, 2.45) is 5.73 Å². The van der Waals surface area contributed by atoms with Crippen LogP contribution in [0.15, 0.2) is 54.6 Å². The number of hydrogen-bond donors (Lipinski definition) is 2. The molecule has 140 valence electrons. The number of nitrogens with two attached hydrogens (primary N) is 1. The molecule has 0 radical (unpaired) electrons. The summed E-state index contributed by atoms with van der Waals surface area (Å²) in [5.41, 5.74) is 7.97. The molecule has 0 spiro atoms. The highest BCUT2D eigenvalue weighted by Gasteiger charge is 2.28. The summed E-state index contributed by atoms with van der Waals surface area (Å²) in [6.45, 7) is 0.751. The Hall–Kier alpha value is -2.09. The lowest BCUT2D eigenvalue weighted by Gasteiger charge is -2.18. The molecule has 1 aliphatic rings. The first-order chi connectivity index (χ1) is 12.0. The first-order valence-electron chi connectivity index (χ1n) is 8.16. The highest BCUT2D eigenvalue weighted by atomic mass is 35.5. The number of hydrogen-bond acceptors (Lipinski definition) is 4. The number of benzene rings is 2. The van der Waals surface area contributed by atoms with Crippen molar-refractivity contribution < 1.29 is 13.2 Å². The van der Waals surface area contributed by atoms with E-state index in [0.29, 0.717) is 30.8 Å². The molecule has 1 amide bonds. The van der Waals surface area contributed by atoms with Gasteiger partial charge in [0, 0.05) is 24.7 Å². The largest absolute Gasteiger partial charge is 0.350 e. The van der Waals surface area contributed by atoms with Crippen LogP contribution in [-0.4, -0.2) is 33.2 Å². The van der Waals surface area contributed by atoms with E-state index >= 15 is 0 Å². The van der Waals surface area contributed by atoms with Gasteiger partial charge < -0.3 is 11.1 Å². The molecule has 0 saturated carbocycles. The molecule has 1 fully saturated rings. The predicted octanol–water partition coefficient (Wildman–Crippen LogP) is 2.08. The number of anilines is 1. The summed E-state index contributed by atoms with van der Waals surface area (Å²) in [6.07, 6.45) is 0.602. The Morgan fingerprint density at radius 1 is 1.15 bits per heavy atom. The smallest absolute Gasteiger partial charge is 0.251 e. The molecule has 2 aromatic rings. The number of carbonyl (C=O) groups excluding carboxylic acids is 1. The van der Waals surface area contributed by atoms with Crippen LogP contribution in [0.5, 0.6) is 0 Å². The van der Waals surface area contributed by atoms with Crippen LogP contribution in [0.25, 0.3) is 0 Å². The minimum Gasteiger partial charge on any atom is -0.350 e. The van der Waals surface area contributed by atoms with Gasteiger partial charge in [-0.2, -0.15) is 0 Å². The highest BCUT2D eigenvalue weighted by Crippen LogP contribution is 2.24. The molecule has 2 aromatic carbocycles. The van der Waals surface area contributed by atoms with Crippen molar-refractivity contribution in [3.8, 4) is 0 Å². The fraction of sp³-hybridized carbons (Fsp3) is 0.278. The maximum atomic E-state index is 12.4. The summed E-state index contributed by atoms with van der Waals surface area (Å²) in [7, 11) is -3.26. The van der Waals surface area contributed by atoms with Crippen LogP contribution < -0.4 is 15.4 Å². The third-order valence-corrected chi connectivity index (χ3v) is 6.08. The zero-order valence-corrected chi connectivity index (χ0v) is 15.8. The molecule has 3 rings (SSSR count). The molecule has 1 heterocycles. The molecule has 26 heavy (non-hydrogen) atoms. The van der Waals surface area contributed by atoms with Crippen molar-refractivity contribution in [3.05, 3.63) is 65.7 Å². The van der Waals surface area contributed by atoms with E-state index in [4.69, 9.17) is 5.73 Å². The van der Waals surface area contributed by atoms with Gasteiger partial charge in [-0.15, -0.1) is 12.4 Å². The van der Waals surface area contributed by atoms with Gasteiger partial charge in [0.15, 0.2) is 0 Å². The fourth-order valence-electron chi connectivity index (χ4n) is 2.85. The molecule has 0 aromatic heterocycles. The highest BCUT2D eigenvalue weighted by molar-refractivity contribution is 7.93. The van der Waals surface area contributed by atoms with Gasteiger partial charge >= 0.3 is 0 Å². The molecule has 3 N–H and O–H groups in total. The zero-order chi connectivity index (χ0) is 17.9. The van der Waals surface area contributed by atoms with Gasteiger partial charge in [0.25, 0.3) is 5.91 Å². The van der Waals surface area contributed by atoms with E-state index in [1.807, 2.05) is 30.3 Å². The lowest BCUT2D eigenvalue weighted by Crippen LogP contribution is -2.32. The zero-order valence-electron chi connectivity index (χ0n) is 14.2. The first kappa shape index (κ1) is 20.2. The third-order valence-electron chi connectivity index (χ3n) is 4.21. The van der Waals surface area contributed by atoms with Crippen LogP contribution in [0.1, 0.15) is 28.4 Å². The quantitative estimate of drug-likeness (QED) is 0.810. The normalized spacial score (nSPS) is 16.6. The molecule has 1 saturated heterocycles. The molecule has 6 nitrogen and oxygen atoms in total. The lowest BCUT2D eigenvalue weighted by molar-refractivity contribution is 0.0951. The minimum absolute atomic E-state index is 0. The topological polar surface area (TPSA) is 92.5 Å². The third kappa shape index (κ3) is 4.55. The van der Waals surface area contributed by atoms with Gasteiger partial charge in [0.2, 0.25) is 10.0 Å². The minimum atomic E-state index is -3.26. The van der Waals surface area contributed by atoms with E-state index in [-0.39, 0.29) is 30.1 Å². The average Bonchev–Trinajstić information content (AvgIpc) is 2.99. The van der Waals surface area contributed by atoms with Crippen molar-refractivity contribution in [3.63, 3.8) is 0 Å². The number of nitrogens with zero attached hydrogens (tertiary/aromatic N) is 1. The number of amides is 1. The van der Waals surface area contributed by atoms with Gasteiger partial charge in [-0.25, -0.2) is 8.42 Å². The summed E-state index contributed by atoms with van der Waals surface area (Å²) in [6, 6.07) is 15.9. The van der Waals surface area contributed by atoms with Crippen molar-refractivity contribution in [2.75, 3.05) is 23.1 Å². The molecular weight excluding hydrogens is 374 g/mol. The standard InChI is InChI=1S/C18H21N3O3S.ClH/c19-17(14-6-2-1-3-7-14)13-20-18(22)15-8-4-9-16(12-15)21-10-5-11-25(21,23)24;/h1-4,6-9,12,17H,5,10-11,13,19H2,(H,20,22);1H. The Morgan fingerprint density at radius 3 is 2.54 bits per heavy atom. The van der Waals surface area contributed by atoms with Crippen molar-refractivity contribution in [2.45, 2.75) is 12.5 Å². The van der Waals surface area contributed by atoms with Crippen LogP contribution >= 0.6 is 12.4 Å². The number of sulfonamides is 1. The van der Waals surface area contributed by atoms with Crippen LogP contribution in [0.3, 0.4) is 0 Å². The predicted molar refractivity (Wildman–Crippen MR) is 105 cm³/mol. The summed E-state index contributed by atoms with van der Waals surface area (Å²) in [5.74, 6) is -0.125. The summed E-state index contributed by atoms with van der Waals surface area (Å²) in [5, 5.41) is 2.80. The van der Waals surface area contributed by atoms with Crippen LogP contribution in [0.4, 0.5) is 5.69 Å². The van der Waals surface area contributed by atoms with E-state index in [1.54, 1.807) is 24.3 Å². The number of halogens is 1. The number of carbonyl (C=O) groups is 1. The second kappa shape index (κ2) is 8.53. The van der Waals surface area contributed by atoms with Crippen molar-refractivity contribution >= 4 is 34.0 Å². The molecule has 1 aliphatic heterocycles. The number of rotatable bonds is 5. The monoisotopic (exact) mass is 395 g/mol. The van der Waals surface area contributed by atoms with E-state index in [1.165, 1.54) is 4.31 Å². The number of nitrogens with one attached hydrogen (secondary N) is 1.